The summed E-state index contributed by atoms with van der Waals surface area (Å²) in [6, 6.07) is 0.272. The van der Waals surface area contributed by atoms with E-state index in [0.29, 0.717) is 5.92 Å². The van der Waals surface area contributed by atoms with Crippen LogP contribution in [0.3, 0.4) is 0 Å². The Hall–Kier alpha value is -0.570. The standard InChI is InChI=1S/C15H28N2O/c1-10-14(18)17(11(2)15(3,4)5)13(16-10)12-8-6-7-9-12/h10-13,16H,6-9H2,1-5H3. The van der Waals surface area contributed by atoms with Gasteiger partial charge in [-0.25, -0.2) is 0 Å². The van der Waals surface area contributed by atoms with E-state index in [1.807, 2.05) is 6.92 Å². The van der Waals surface area contributed by atoms with Crippen LogP contribution in [-0.2, 0) is 4.79 Å². The maximum absolute atomic E-state index is 12.4. The molecule has 1 aliphatic carbocycles. The van der Waals surface area contributed by atoms with Crippen LogP contribution in [-0.4, -0.2) is 29.1 Å². The second kappa shape index (κ2) is 4.84. The summed E-state index contributed by atoms with van der Waals surface area (Å²) in [4.78, 5) is 14.6. The quantitative estimate of drug-likeness (QED) is 0.819. The number of nitrogens with zero attached hydrogens (tertiary/aromatic N) is 1. The molecular formula is C15H28N2O. The Kier molecular flexibility index (Phi) is 3.72. The molecule has 104 valence electrons. The van der Waals surface area contributed by atoms with Crippen LogP contribution in [0.15, 0.2) is 0 Å². The summed E-state index contributed by atoms with van der Waals surface area (Å²) in [7, 11) is 0. The fraction of sp³-hybridized carbons (Fsp3) is 0.933. The molecule has 1 N–H and O–H groups in total. The molecule has 0 aromatic carbocycles. The topological polar surface area (TPSA) is 32.3 Å². The lowest BCUT2D eigenvalue weighted by atomic mass is 9.86. The van der Waals surface area contributed by atoms with Crippen LogP contribution in [0, 0.1) is 11.3 Å². The van der Waals surface area contributed by atoms with Gasteiger partial charge in [-0.05, 0) is 38.0 Å². The lowest BCUT2D eigenvalue weighted by Crippen LogP contribution is -2.51. The van der Waals surface area contributed by atoms with Gasteiger partial charge in [0.25, 0.3) is 0 Å². The molecule has 1 aliphatic heterocycles. The third kappa shape index (κ3) is 2.42. The molecule has 0 bridgehead atoms. The molecule has 3 heteroatoms. The van der Waals surface area contributed by atoms with Gasteiger partial charge in [0.1, 0.15) is 0 Å². The van der Waals surface area contributed by atoms with E-state index in [-0.39, 0.29) is 29.6 Å². The predicted octanol–water partition coefficient (Wildman–Crippen LogP) is 2.76. The highest BCUT2D eigenvalue weighted by molar-refractivity contribution is 5.84. The second-order valence-electron chi connectivity index (χ2n) is 7.17. The van der Waals surface area contributed by atoms with Gasteiger partial charge in [0.15, 0.2) is 0 Å². The number of carbonyl (C=O) groups is 1. The molecule has 1 saturated heterocycles. The van der Waals surface area contributed by atoms with Crippen molar-refractivity contribution < 1.29 is 4.79 Å². The van der Waals surface area contributed by atoms with Gasteiger partial charge in [-0.2, -0.15) is 0 Å². The van der Waals surface area contributed by atoms with Crippen LogP contribution in [0.25, 0.3) is 0 Å². The highest BCUT2D eigenvalue weighted by atomic mass is 16.2. The van der Waals surface area contributed by atoms with E-state index in [2.05, 4.69) is 37.9 Å². The lowest BCUT2D eigenvalue weighted by molar-refractivity contribution is -0.134. The maximum Gasteiger partial charge on any atom is 0.240 e. The van der Waals surface area contributed by atoms with Crippen molar-refractivity contribution in [2.45, 2.75) is 78.6 Å². The van der Waals surface area contributed by atoms with Gasteiger partial charge >= 0.3 is 0 Å². The van der Waals surface area contributed by atoms with Crippen molar-refractivity contribution in [3.8, 4) is 0 Å². The van der Waals surface area contributed by atoms with Crippen molar-refractivity contribution in [3.05, 3.63) is 0 Å². The summed E-state index contributed by atoms with van der Waals surface area (Å²) in [6.45, 7) is 10.9. The monoisotopic (exact) mass is 252 g/mol. The summed E-state index contributed by atoms with van der Waals surface area (Å²) in [5.41, 5.74) is 0.137. The van der Waals surface area contributed by atoms with Crippen molar-refractivity contribution in [2.24, 2.45) is 11.3 Å². The highest BCUT2D eigenvalue weighted by Crippen LogP contribution is 2.36. The normalized spacial score (nSPS) is 32.3. The first-order chi connectivity index (χ1) is 8.32. The maximum atomic E-state index is 12.4. The summed E-state index contributed by atoms with van der Waals surface area (Å²) in [5.74, 6) is 0.943. The number of amides is 1. The van der Waals surface area contributed by atoms with E-state index in [4.69, 9.17) is 0 Å². The average Bonchev–Trinajstić information content (AvgIpc) is 2.86. The van der Waals surface area contributed by atoms with Crippen molar-refractivity contribution in [1.82, 2.24) is 10.2 Å². The molecule has 3 unspecified atom stereocenters. The van der Waals surface area contributed by atoms with Crippen LogP contribution >= 0.6 is 0 Å². The predicted molar refractivity (Wildman–Crippen MR) is 74.1 cm³/mol. The van der Waals surface area contributed by atoms with Gasteiger partial charge in [-0.15, -0.1) is 0 Å². The molecule has 1 heterocycles. The molecule has 3 nitrogen and oxygen atoms in total. The molecule has 1 amide bonds. The zero-order chi connectivity index (χ0) is 13.5. The van der Waals surface area contributed by atoms with E-state index in [1.165, 1.54) is 25.7 Å². The van der Waals surface area contributed by atoms with Crippen LogP contribution in [0.2, 0.25) is 0 Å². The SMILES string of the molecule is CC1NC(C2CCCC2)N(C(C)C(C)(C)C)C1=O. The Morgan fingerprint density at radius 3 is 2.33 bits per heavy atom. The molecule has 0 spiro atoms. The van der Waals surface area contributed by atoms with Gasteiger partial charge < -0.3 is 4.90 Å². The molecule has 0 radical (unpaired) electrons. The van der Waals surface area contributed by atoms with E-state index in [0.717, 1.165) is 0 Å². The van der Waals surface area contributed by atoms with Gasteiger partial charge in [-0.1, -0.05) is 33.6 Å². The Morgan fingerprint density at radius 2 is 1.83 bits per heavy atom. The number of hydrogen-bond acceptors (Lipinski definition) is 2. The highest BCUT2D eigenvalue weighted by Gasteiger charge is 2.45. The van der Waals surface area contributed by atoms with Gasteiger partial charge in [0.2, 0.25) is 5.91 Å². The molecular weight excluding hydrogens is 224 g/mol. The Balaban J connectivity index is 2.19. The first-order valence-corrected chi connectivity index (χ1v) is 7.40. The number of carbonyl (C=O) groups excluding carboxylic acids is 1. The van der Waals surface area contributed by atoms with Crippen molar-refractivity contribution >= 4 is 5.91 Å². The lowest BCUT2D eigenvalue weighted by Gasteiger charge is -2.40. The van der Waals surface area contributed by atoms with Crippen molar-refractivity contribution in [2.75, 3.05) is 0 Å². The van der Waals surface area contributed by atoms with Crippen LogP contribution in [0.4, 0.5) is 0 Å². The smallest absolute Gasteiger partial charge is 0.240 e. The molecule has 1 saturated carbocycles. The molecule has 2 fully saturated rings. The molecule has 2 aliphatic rings. The molecule has 2 rings (SSSR count). The first-order valence-electron chi connectivity index (χ1n) is 7.40. The van der Waals surface area contributed by atoms with E-state index >= 15 is 0 Å². The summed E-state index contributed by atoms with van der Waals surface area (Å²) in [5, 5.41) is 3.52. The zero-order valence-electron chi connectivity index (χ0n) is 12.5. The third-order valence-corrected chi connectivity index (χ3v) is 4.86. The van der Waals surface area contributed by atoms with Crippen LogP contribution in [0.1, 0.15) is 60.3 Å². The fourth-order valence-corrected chi connectivity index (χ4v) is 3.25. The molecule has 18 heavy (non-hydrogen) atoms. The van der Waals surface area contributed by atoms with E-state index in [9.17, 15) is 4.79 Å². The zero-order valence-corrected chi connectivity index (χ0v) is 12.5. The number of nitrogens with one attached hydrogen (secondary N) is 1. The Morgan fingerprint density at radius 1 is 1.28 bits per heavy atom. The number of hydrogen-bond donors (Lipinski definition) is 1. The average molecular weight is 252 g/mol. The summed E-state index contributed by atoms with van der Waals surface area (Å²) < 4.78 is 0. The molecule has 0 aromatic heterocycles. The van der Waals surface area contributed by atoms with Gasteiger partial charge in [-0.3, -0.25) is 10.1 Å². The van der Waals surface area contributed by atoms with Crippen LogP contribution < -0.4 is 5.32 Å². The van der Waals surface area contributed by atoms with Crippen molar-refractivity contribution in [3.63, 3.8) is 0 Å². The molecule has 3 atom stereocenters. The molecule has 0 aromatic rings. The summed E-state index contributed by atoms with van der Waals surface area (Å²) >= 11 is 0. The Bertz CT molecular complexity index is 315. The Labute approximate surface area is 111 Å². The minimum absolute atomic E-state index is 0.0135. The van der Waals surface area contributed by atoms with Crippen LogP contribution in [0.5, 0.6) is 0 Å². The minimum atomic E-state index is -0.0135. The summed E-state index contributed by atoms with van der Waals surface area (Å²) in [6.07, 6.45) is 5.45. The minimum Gasteiger partial charge on any atom is -0.322 e. The fourth-order valence-electron chi connectivity index (χ4n) is 3.25. The first kappa shape index (κ1) is 13.9. The van der Waals surface area contributed by atoms with E-state index < -0.39 is 0 Å². The van der Waals surface area contributed by atoms with Gasteiger partial charge in [0.05, 0.1) is 12.2 Å². The number of rotatable bonds is 2. The third-order valence-electron chi connectivity index (χ3n) is 4.86. The van der Waals surface area contributed by atoms with Gasteiger partial charge in [0, 0.05) is 6.04 Å². The van der Waals surface area contributed by atoms with Crippen molar-refractivity contribution in [1.29, 1.82) is 0 Å². The largest absolute Gasteiger partial charge is 0.322 e. The van der Waals surface area contributed by atoms with E-state index in [1.54, 1.807) is 0 Å². The second-order valence-corrected chi connectivity index (χ2v) is 7.17.